The number of carbonyl (C=O) groups is 1. The summed E-state index contributed by atoms with van der Waals surface area (Å²) in [5.41, 5.74) is 2.16. The summed E-state index contributed by atoms with van der Waals surface area (Å²) in [6, 6.07) is 5.13. The Morgan fingerprint density at radius 1 is 1.53 bits per heavy atom. The molecule has 0 aromatic heterocycles. The summed E-state index contributed by atoms with van der Waals surface area (Å²) in [7, 11) is 1.67. The van der Waals surface area contributed by atoms with E-state index < -0.39 is 0 Å². The van der Waals surface area contributed by atoms with Gasteiger partial charge in [0.1, 0.15) is 0 Å². The van der Waals surface area contributed by atoms with Gasteiger partial charge in [-0.3, -0.25) is 4.90 Å². The second kappa shape index (κ2) is 3.55. The first kappa shape index (κ1) is 9.43. The Balaban J connectivity index is 2.57. The fraction of sp³-hybridized carbons (Fsp3) is 0.200. The molecule has 0 saturated carbocycles. The first-order chi connectivity index (χ1) is 7.24. The number of hydrogen-bond donors (Lipinski definition) is 1. The molecule has 0 aliphatic carbocycles. The molecule has 0 radical (unpaired) electrons. The van der Waals surface area contributed by atoms with Crippen molar-refractivity contribution in [3.05, 3.63) is 23.8 Å². The Bertz CT molecular complexity index is 464. The van der Waals surface area contributed by atoms with Crippen LogP contribution in [0.3, 0.4) is 0 Å². The molecule has 0 atom stereocenters. The zero-order valence-electron chi connectivity index (χ0n) is 8.15. The van der Waals surface area contributed by atoms with Gasteiger partial charge in [-0.05, 0) is 12.1 Å². The fourth-order valence-corrected chi connectivity index (χ4v) is 1.60. The number of amides is 2. The van der Waals surface area contributed by atoms with Gasteiger partial charge in [0.05, 0.1) is 11.4 Å². The summed E-state index contributed by atoms with van der Waals surface area (Å²) in [6.07, 6.45) is 1.50. The Hall–Kier alpha value is -2.13. The number of nitrogens with zero attached hydrogens (tertiary/aromatic N) is 2. The maximum Gasteiger partial charge on any atom is 0.321 e. The zero-order valence-corrected chi connectivity index (χ0v) is 8.15. The molecule has 0 saturated heterocycles. The number of fused-ring (bicyclic) bond motifs is 1. The van der Waals surface area contributed by atoms with Crippen LogP contribution in [0.4, 0.5) is 16.2 Å². The summed E-state index contributed by atoms with van der Waals surface area (Å²) in [4.78, 5) is 26.6. The van der Waals surface area contributed by atoms with Gasteiger partial charge in [-0.2, -0.15) is 4.99 Å². The predicted molar refractivity (Wildman–Crippen MR) is 54.9 cm³/mol. The fourth-order valence-electron chi connectivity index (χ4n) is 1.60. The third-order valence-corrected chi connectivity index (χ3v) is 2.38. The zero-order chi connectivity index (χ0) is 10.8. The van der Waals surface area contributed by atoms with Gasteiger partial charge < -0.3 is 5.32 Å². The number of urea groups is 1. The minimum atomic E-state index is -0.158. The van der Waals surface area contributed by atoms with Crippen LogP contribution < -0.4 is 10.2 Å². The monoisotopic (exact) mass is 203 g/mol. The largest absolute Gasteiger partial charge is 0.333 e. The summed E-state index contributed by atoms with van der Waals surface area (Å²) in [6.45, 7) is 0.389. The van der Waals surface area contributed by atoms with Gasteiger partial charge in [0.25, 0.3) is 0 Å². The summed E-state index contributed by atoms with van der Waals surface area (Å²) < 4.78 is 0. The molecule has 0 unspecified atom stereocenters. The predicted octanol–water partition coefficient (Wildman–Crippen LogP) is 1.31. The van der Waals surface area contributed by atoms with Crippen molar-refractivity contribution in [2.24, 2.45) is 4.99 Å². The second-order valence-corrected chi connectivity index (χ2v) is 3.20. The summed E-state index contributed by atoms with van der Waals surface area (Å²) >= 11 is 0. The number of benzene rings is 1. The van der Waals surface area contributed by atoms with Crippen LogP contribution in [-0.2, 0) is 11.3 Å². The van der Waals surface area contributed by atoms with E-state index in [0.717, 1.165) is 11.3 Å². The molecule has 1 aliphatic rings. The molecular formula is C10H9N3O2. The highest BCUT2D eigenvalue weighted by Crippen LogP contribution is 2.31. The van der Waals surface area contributed by atoms with Crippen LogP contribution in [0.5, 0.6) is 0 Å². The number of isocyanates is 1. The Kier molecular flexibility index (Phi) is 2.23. The maximum atomic E-state index is 11.3. The van der Waals surface area contributed by atoms with Crippen molar-refractivity contribution in [2.75, 3.05) is 11.9 Å². The molecule has 5 nitrogen and oxygen atoms in total. The first-order valence-corrected chi connectivity index (χ1v) is 4.45. The lowest BCUT2D eigenvalue weighted by Gasteiger charge is -2.26. The number of nitrogens with one attached hydrogen (secondary N) is 1. The minimum Gasteiger partial charge on any atom is -0.333 e. The van der Waals surface area contributed by atoms with Crippen LogP contribution >= 0.6 is 0 Å². The van der Waals surface area contributed by atoms with E-state index in [1.807, 2.05) is 6.07 Å². The minimum absolute atomic E-state index is 0.158. The van der Waals surface area contributed by atoms with Gasteiger partial charge in [-0.25, -0.2) is 9.59 Å². The lowest BCUT2D eigenvalue weighted by atomic mass is 10.1. The van der Waals surface area contributed by atoms with E-state index in [-0.39, 0.29) is 6.03 Å². The molecule has 1 aromatic rings. The SMILES string of the molecule is CN1C(=O)NCc2c(N=C=O)cccc21. The molecule has 1 N–H and O–H groups in total. The van der Waals surface area contributed by atoms with Crippen molar-refractivity contribution in [3.63, 3.8) is 0 Å². The Labute approximate surface area is 86.4 Å². The van der Waals surface area contributed by atoms with Crippen LogP contribution in [0.1, 0.15) is 5.56 Å². The third-order valence-electron chi connectivity index (χ3n) is 2.38. The highest BCUT2D eigenvalue weighted by molar-refractivity contribution is 5.95. The van der Waals surface area contributed by atoms with E-state index in [1.54, 1.807) is 19.2 Å². The van der Waals surface area contributed by atoms with E-state index in [2.05, 4.69) is 10.3 Å². The van der Waals surface area contributed by atoms with Gasteiger partial charge >= 0.3 is 6.03 Å². The maximum absolute atomic E-state index is 11.3. The van der Waals surface area contributed by atoms with Crippen molar-refractivity contribution >= 4 is 23.5 Å². The van der Waals surface area contributed by atoms with Crippen LogP contribution in [0.25, 0.3) is 0 Å². The molecule has 0 fully saturated rings. The quantitative estimate of drug-likeness (QED) is 0.552. The lowest BCUT2D eigenvalue weighted by Crippen LogP contribution is -2.41. The Morgan fingerprint density at radius 3 is 3.07 bits per heavy atom. The van der Waals surface area contributed by atoms with E-state index in [0.29, 0.717) is 12.2 Å². The molecule has 1 aromatic carbocycles. The molecule has 1 heterocycles. The molecule has 5 heteroatoms. The lowest BCUT2D eigenvalue weighted by molar-refractivity contribution is 0.246. The highest BCUT2D eigenvalue weighted by Gasteiger charge is 2.21. The van der Waals surface area contributed by atoms with Crippen LogP contribution in [-0.4, -0.2) is 19.2 Å². The third kappa shape index (κ3) is 1.49. The van der Waals surface area contributed by atoms with Gasteiger partial charge in [-0.1, -0.05) is 6.07 Å². The van der Waals surface area contributed by atoms with Crippen LogP contribution in [0, 0.1) is 0 Å². The Morgan fingerprint density at radius 2 is 2.33 bits per heavy atom. The van der Waals surface area contributed by atoms with Crippen molar-refractivity contribution in [2.45, 2.75) is 6.54 Å². The molecule has 2 rings (SSSR count). The number of aliphatic imine (C=N–C) groups is 1. The molecule has 76 valence electrons. The number of hydrogen-bond acceptors (Lipinski definition) is 3. The standard InChI is InChI=1S/C10H9N3O2/c1-13-9-4-2-3-8(12-6-14)7(9)5-11-10(13)15/h2-4H,5H2,1H3,(H,11,15). The number of rotatable bonds is 1. The first-order valence-electron chi connectivity index (χ1n) is 4.45. The smallest absolute Gasteiger partial charge is 0.321 e. The number of anilines is 1. The molecule has 0 bridgehead atoms. The van der Waals surface area contributed by atoms with Gasteiger partial charge in [0, 0.05) is 19.2 Å². The van der Waals surface area contributed by atoms with Crippen molar-refractivity contribution < 1.29 is 9.59 Å². The average Bonchev–Trinajstić information content (AvgIpc) is 2.25. The van der Waals surface area contributed by atoms with E-state index in [9.17, 15) is 9.59 Å². The highest BCUT2D eigenvalue weighted by atomic mass is 16.2. The van der Waals surface area contributed by atoms with Gasteiger partial charge in [-0.15, -0.1) is 0 Å². The molecule has 1 aliphatic heterocycles. The van der Waals surface area contributed by atoms with Crippen LogP contribution in [0.15, 0.2) is 23.2 Å². The molecule has 0 spiro atoms. The van der Waals surface area contributed by atoms with E-state index in [1.165, 1.54) is 11.0 Å². The van der Waals surface area contributed by atoms with Gasteiger partial charge in [0.2, 0.25) is 6.08 Å². The normalized spacial score (nSPS) is 13.9. The average molecular weight is 203 g/mol. The molecule has 15 heavy (non-hydrogen) atoms. The van der Waals surface area contributed by atoms with E-state index in [4.69, 9.17) is 0 Å². The van der Waals surface area contributed by atoms with Crippen molar-refractivity contribution in [3.8, 4) is 0 Å². The molecule has 2 amide bonds. The topological polar surface area (TPSA) is 61.8 Å². The van der Waals surface area contributed by atoms with Crippen LogP contribution in [0.2, 0.25) is 0 Å². The number of carbonyl (C=O) groups excluding carboxylic acids is 2. The summed E-state index contributed by atoms with van der Waals surface area (Å²) in [5.74, 6) is 0. The summed E-state index contributed by atoms with van der Waals surface area (Å²) in [5, 5.41) is 2.68. The molecular weight excluding hydrogens is 194 g/mol. The van der Waals surface area contributed by atoms with E-state index >= 15 is 0 Å². The second-order valence-electron chi connectivity index (χ2n) is 3.20. The van der Waals surface area contributed by atoms with Gasteiger partial charge in [0.15, 0.2) is 0 Å². The van der Waals surface area contributed by atoms with Crippen molar-refractivity contribution in [1.29, 1.82) is 0 Å². The van der Waals surface area contributed by atoms with Crippen molar-refractivity contribution in [1.82, 2.24) is 5.32 Å².